The SMILES string of the molecule is CCCNCCCc1ccccc1OCC. The highest BCUT2D eigenvalue weighted by Gasteiger charge is 2.01. The van der Waals surface area contributed by atoms with Gasteiger partial charge in [0, 0.05) is 0 Å². The highest BCUT2D eigenvalue weighted by atomic mass is 16.5. The topological polar surface area (TPSA) is 21.3 Å². The van der Waals surface area contributed by atoms with E-state index in [-0.39, 0.29) is 0 Å². The average molecular weight is 221 g/mol. The van der Waals surface area contributed by atoms with Gasteiger partial charge in [0.15, 0.2) is 0 Å². The molecule has 2 heteroatoms. The fourth-order valence-corrected chi connectivity index (χ4v) is 1.71. The van der Waals surface area contributed by atoms with Crippen molar-refractivity contribution >= 4 is 0 Å². The van der Waals surface area contributed by atoms with E-state index in [0.29, 0.717) is 0 Å². The summed E-state index contributed by atoms with van der Waals surface area (Å²) in [5, 5.41) is 3.42. The Balaban J connectivity index is 2.34. The van der Waals surface area contributed by atoms with Crippen LogP contribution in [0.1, 0.15) is 32.3 Å². The number of nitrogens with one attached hydrogen (secondary N) is 1. The van der Waals surface area contributed by atoms with Gasteiger partial charge in [0.05, 0.1) is 6.61 Å². The lowest BCUT2D eigenvalue weighted by molar-refractivity contribution is 0.336. The van der Waals surface area contributed by atoms with Crippen molar-refractivity contribution < 1.29 is 4.74 Å². The monoisotopic (exact) mass is 221 g/mol. The quantitative estimate of drug-likeness (QED) is 0.681. The van der Waals surface area contributed by atoms with Crippen LogP contribution >= 0.6 is 0 Å². The van der Waals surface area contributed by atoms with Crippen LogP contribution in [0.25, 0.3) is 0 Å². The van der Waals surface area contributed by atoms with Gasteiger partial charge in [-0.3, -0.25) is 0 Å². The number of para-hydroxylation sites is 1. The largest absolute Gasteiger partial charge is 0.494 e. The number of hydrogen-bond donors (Lipinski definition) is 1. The number of aryl methyl sites for hydroxylation is 1. The molecule has 1 rings (SSSR count). The summed E-state index contributed by atoms with van der Waals surface area (Å²) in [7, 11) is 0. The van der Waals surface area contributed by atoms with Crippen LogP contribution in [0.15, 0.2) is 24.3 Å². The molecule has 0 amide bonds. The molecule has 0 saturated carbocycles. The summed E-state index contributed by atoms with van der Waals surface area (Å²) < 4.78 is 5.59. The second-order valence-corrected chi connectivity index (χ2v) is 3.89. The Labute approximate surface area is 99.0 Å². The summed E-state index contributed by atoms with van der Waals surface area (Å²) in [5.74, 6) is 1.04. The van der Waals surface area contributed by atoms with E-state index in [9.17, 15) is 0 Å². The third kappa shape index (κ3) is 4.67. The number of benzene rings is 1. The lowest BCUT2D eigenvalue weighted by Gasteiger charge is -2.09. The standard InChI is InChI=1S/C14H23NO/c1-3-11-15-12-7-9-13-8-5-6-10-14(13)16-4-2/h5-6,8,10,15H,3-4,7,9,11-12H2,1-2H3. The van der Waals surface area contributed by atoms with Gasteiger partial charge in [0.1, 0.15) is 5.75 Å². The normalized spacial score (nSPS) is 10.4. The molecule has 0 atom stereocenters. The fraction of sp³-hybridized carbons (Fsp3) is 0.571. The molecular weight excluding hydrogens is 198 g/mol. The van der Waals surface area contributed by atoms with Gasteiger partial charge >= 0.3 is 0 Å². The van der Waals surface area contributed by atoms with Crippen molar-refractivity contribution in [3.05, 3.63) is 29.8 Å². The zero-order valence-corrected chi connectivity index (χ0v) is 10.5. The molecule has 1 N–H and O–H groups in total. The Bertz CT molecular complexity index is 286. The van der Waals surface area contributed by atoms with Crippen molar-refractivity contribution in [3.63, 3.8) is 0 Å². The molecule has 1 aromatic rings. The first-order chi connectivity index (χ1) is 7.88. The molecule has 1 aromatic carbocycles. The molecule has 0 fully saturated rings. The zero-order chi connectivity index (χ0) is 11.6. The Morgan fingerprint density at radius 3 is 2.69 bits per heavy atom. The van der Waals surface area contributed by atoms with Gasteiger partial charge in [-0.2, -0.15) is 0 Å². The van der Waals surface area contributed by atoms with Crippen LogP contribution in [0, 0.1) is 0 Å². The highest BCUT2D eigenvalue weighted by Crippen LogP contribution is 2.19. The maximum atomic E-state index is 5.59. The molecule has 90 valence electrons. The molecule has 0 heterocycles. The summed E-state index contributed by atoms with van der Waals surface area (Å²) >= 11 is 0. The molecule has 0 spiro atoms. The Kier molecular flexibility index (Phi) is 6.66. The lowest BCUT2D eigenvalue weighted by atomic mass is 10.1. The third-order valence-corrected chi connectivity index (χ3v) is 2.50. The maximum Gasteiger partial charge on any atom is 0.122 e. The van der Waals surface area contributed by atoms with E-state index >= 15 is 0 Å². The second kappa shape index (κ2) is 8.17. The van der Waals surface area contributed by atoms with E-state index < -0.39 is 0 Å². The molecule has 0 aliphatic rings. The van der Waals surface area contributed by atoms with Gasteiger partial charge in [0.25, 0.3) is 0 Å². The van der Waals surface area contributed by atoms with Crippen LogP contribution < -0.4 is 10.1 Å². The van der Waals surface area contributed by atoms with Crippen molar-refractivity contribution in [2.45, 2.75) is 33.1 Å². The van der Waals surface area contributed by atoms with Crippen LogP contribution in [-0.4, -0.2) is 19.7 Å². The van der Waals surface area contributed by atoms with Crippen LogP contribution in [0.3, 0.4) is 0 Å². The first-order valence-electron chi connectivity index (χ1n) is 6.30. The van der Waals surface area contributed by atoms with Gasteiger partial charge in [-0.1, -0.05) is 25.1 Å². The predicted molar refractivity (Wildman–Crippen MR) is 69.1 cm³/mol. The number of rotatable bonds is 8. The number of hydrogen-bond acceptors (Lipinski definition) is 2. The highest BCUT2D eigenvalue weighted by molar-refractivity contribution is 5.33. The molecule has 0 aromatic heterocycles. The molecule has 0 radical (unpaired) electrons. The summed E-state index contributed by atoms with van der Waals surface area (Å²) in [5.41, 5.74) is 1.32. The van der Waals surface area contributed by atoms with E-state index in [2.05, 4.69) is 30.4 Å². The van der Waals surface area contributed by atoms with Gasteiger partial charge < -0.3 is 10.1 Å². The maximum absolute atomic E-state index is 5.59. The molecule has 0 aliphatic carbocycles. The molecule has 0 bridgehead atoms. The molecular formula is C14H23NO. The fourth-order valence-electron chi connectivity index (χ4n) is 1.71. The molecule has 16 heavy (non-hydrogen) atoms. The van der Waals surface area contributed by atoms with Crippen molar-refractivity contribution in [1.82, 2.24) is 5.32 Å². The van der Waals surface area contributed by atoms with Gasteiger partial charge in [-0.05, 0) is 50.9 Å². The molecule has 0 aliphatic heterocycles. The zero-order valence-electron chi connectivity index (χ0n) is 10.5. The van der Waals surface area contributed by atoms with E-state index in [1.807, 2.05) is 13.0 Å². The van der Waals surface area contributed by atoms with Crippen molar-refractivity contribution in [3.8, 4) is 5.75 Å². The minimum absolute atomic E-state index is 0.741. The molecule has 0 saturated heterocycles. The smallest absolute Gasteiger partial charge is 0.122 e. The molecule has 0 unspecified atom stereocenters. The van der Waals surface area contributed by atoms with Gasteiger partial charge in [-0.25, -0.2) is 0 Å². The van der Waals surface area contributed by atoms with Crippen molar-refractivity contribution in [2.24, 2.45) is 0 Å². The Morgan fingerprint density at radius 1 is 1.12 bits per heavy atom. The average Bonchev–Trinajstić information content (AvgIpc) is 2.31. The first-order valence-corrected chi connectivity index (χ1v) is 6.30. The van der Waals surface area contributed by atoms with Crippen molar-refractivity contribution in [1.29, 1.82) is 0 Å². The second-order valence-electron chi connectivity index (χ2n) is 3.89. The van der Waals surface area contributed by atoms with E-state index in [1.54, 1.807) is 0 Å². The van der Waals surface area contributed by atoms with E-state index in [1.165, 1.54) is 18.4 Å². The minimum atomic E-state index is 0.741. The Hall–Kier alpha value is -1.02. The summed E-state index contributed by atoms with van der Waals surface area (Å²) in [4.78, 5) is 0. The predicted octanol–water partition coefficient (Wildman–Crippen LogP) is 3.02. The van der Waals surface area contributed by atoms with Crippen LogP contribution in [0.4, 0.5) is 0 Å². The van der Waals surface area contributed by atoms with E-state index in [0.717, 1.165) is 31.9 Å². The summed E-state index contributed by atoms with van der Waals surface area (Å²) in [6.45, 7) is 7.17. The summed E-state index contributed by atoms with van der Waals surface area (Å²) in [6.07, 6.45) is 3.46. The number of ether oxygens (including phenoxy) is 1. The van der Waals surface area contributed by atoms with Crippen LogP contribution in [0.2, 0.25) is 0 Å². The van der Waals surface area contributed by atoms with Gasteiger partial charge in [0.2, 0.25) is 0 Å². The first kappa shape index (κ1) is 13.0. The minimum Gasteiger partial charge on any atom is -0.494 e. The third-order valence-electron chi connectivity index (χ3n) is 2.50. The van der Waals surface area contributed by atoms with Crippen LogP contribution in [-0.2, 0) is 6.42 Å². The van der Waals surface area contributed by atoms with Crippen LogP contribution in [0.5, 0.6) is 5.75 Å². The lowest BCUT2D eigenvalue weighted by Crippen LogP contribution is -2.16. The molecule has 2 nitrogen and oxygen atoms in total. The van der Waals surface area contributed by atoms with Gasteiger partial charge in [-0.15, -0.1) is 0 Å². The van der Waals surface area contributed by atoms with E-state index in [4.69, 9.17) is 4.74 Å². The Morgan fingerprint density at radius 2 is 1.94 bits per heavy atom. The summed E-state index contributed by atoms with van der Waals surface area (Å²) in [6, 6.07) is 8.32. The van der Waals surface area contributed by atoms with Crippen molar-refractivity contribution in [2.75, 3.05) is 19.7 Å².